The second-order valence-electron chi connectivity index (χ2n) is 6.06. The van der Waals surface area contributed by atoms with Gasteiger partial charge in [-0.1, -0.05) is 12.1 Å². The van der Waals surface area contributed by atoms with E-state index in [9.17, 15) is 9.18 Å². The second-order valence-corrected chi connectivity index (χ2v) is 6.06. The number of piperidine rings is 1. The lowest BCUT2D eigenvalue weighted by Gasteiger charge is -2.29. The van der Waals surface area contributed by atoms with Gasteiger partial charge in [-0.15, -0.1) is 0 Å². The van der Waals surface area contributed by atoms with Crippen molar-refractivity contribution in [3.63, 3.8) is 0 Å². The van der Waals surface area contributed by atoms with Crippen molar-refractivity contribution in [2.45, 2.75) is 31.7 Å². The fraction of sp³-hybridized carbons (Fsp3) is 0.500. The van der Waals surface area contributed by atoms with Gasteiger partial charge in [0, 0.05) is 5.92 Å². The molecule has 1 saturated heterocycles. The number of hydrogen-bond donors (Lipinski definition) is 1. The molecule has 0 amide bonds. The van der Waals surface area contributed by atoms with Crippen LogP contribution in [-0.4, -0.2) is 39.8 Å². The van der Waals surface area contributed by atoms with E-state index in [0.29, 0.717) is 0 Å². The molecule has 1 aromatic heterocycles. The van der Waals surface area contributed by atoms with Crippen LogP contribution in [0.25, 0.3) is 0 Å². The molecule has 0 aliphatic carbocycles. The van der Waals surface area contributed by atoms with E-state index in [4.69, 9.17) is 0 Å². The van der Waals surface area contributed by atoms with Gasteiger partial charge >= 0.3 is 5.69 Å². The van der Waals surface area contributed by atoms with Crippen LogP contribution in [0.1, 0.15) is 43.1 Å². The lowest BCUT2D eigenvalue weighted by molar-refractivity contribution is 0.247. The van der Waals surface area contributed by atoms with Crippen molar-refractivity contribution >= 4 is 0 Å². The molecule has 1 aliphatic rings. The lowest BCUT2D eigenvalue weighted by atomic mass is 9.95. The minimum Gasteiger partial charge on any atom is -0.306 e. The Labute approximate surface area is 128 Å². The largest absolute Gasteiger partial charge is 0.343 e. The summed E-state index contributed by atoms with van der Waals surface area (Å²) in [6, 6.07) is 6.12. The molecule has 0 spiro atoms. The highest BCUT2D eigenvalue weighted by Gasteiger charge is 2.26. The predicted molar refractivity (Wildman–Crippen MR) is 82.5 cm³/mol. The summed E-state index contributed by atoms with van der Waals surface area (Å²) >= 11 is 0. The molecule has 2 aromatic rings. The molecule has 3 rings (SSSR count). The van der Waals surface area contributed by atoms with Crippen molar-refractivity contribution in [1.82, 2.24) is 19.7 Å². The number of hydrogen-bond acceptors (Lipinski definition) is 3. The van der Waals surface area contributed by atoms with Gasteiger partial charge in [0.1, 0.15) is 11.6 Å². The molecule has 0 unspecified atom stereocenters. The standard InChI is InChI=1S/C16H21FN4O/c1-11(12-3-5-14(17)6-4-12)21-15(18-19-16(21)22)13-7-9-20(2)10-8-13/h3-6,11,13H,7-10H2,1-2H3,(H,19,22)/t11-/m1/s1. The third-order valence-electron chi connectivity index (χ3n) is 4.56. The van der Waals surface area contributed by atoms with E-state index in [1.165, 1.54) is 12.1 Å². The third-order valence-corrected chi connectivity index (χ3v) is 4.56. The Kier molecular flexibility index (Phi) is 4.11. The number of nitrogens with zero attached hydrogens (tertiary/aromatic N) is 3. The molecule has 1 N–H and O–H groups in total. The average molecular weight is 304 g/mol. The van der Waals surface area contributed by atoms with E-state index in [1.807, 2.05) is 6.92 Å². The summed E-state index contributed by atoms with van der Waals surface area (Å²) in [5, 5.41) is 6.84. The molecule has 0 bridgehead atoms. The molecule has 6 heteroatoms. The molecule has 0 saturated carbocycles. The maximum Gasteiger partial charge on any atom is 0.343 e. The van der Waals surface area contributed by atoms with Crippen LogP contribution in [-0.2, 0) is 0 Å². The van der Waals surface area contributed by atoms with Gasteiger partial charge in [-0.3, -0.25) is 4.57 Å². The summed E-state index contributed by atoms with van der Waals surface area (Å²) in [4.78, 5) is 14.5. The fourth-order valence-electron chi connectivity index (χ4n) is 3.14. The molecule has 22 heavy (non-hydrogen) atoms. The van der Waals surface area contributed by atoms with Crippen molar-refractivity contribution in [3.05, 3.63) is 52.0 Å². The minimum absolute atomic E-state index is 0.165. The number of benzene rings is 1. The Hall–Kier alpha value is -1.95. The summed E-state index contributed by atoms with van der Waals surface area (Å²) in [7, 11) is 2.11. The molecule has 5 nitrogen and oxygen atoms in total. The van der Waals surface area contributed by atoms with Gasteiger partial charge < -0.3 is 4.90 Å². The first-order valence-electron chi connectivity index (χ1n) is 7.67. The van der Waals surface area contributed by atoms with Crippen LogP contribution in [0.15, 0.2) is 29.1 Å². The molecule has 1 aliphatic heterocycles. The van der Waals surface area contributed by atoms with Crippen molar-refractivity contribution in [3.8, 4) is 0 Å². The number of rotatable bonds is 3. The number of aromatic nitrogens is 3. The molecule has 1 atom stereocenters. The zero-order valence-corrected chi connectivity index (χ0v) is 12.9. The first-order valence-corrected chi connectivity index (χ1v) is 7.67. The van der Waals surface area contributed by atoms with Gasteiger partial charge in [0.05, 0.1) is 6.04 Å². The van der Waals surface area contributed by atoms with Gasteiger partial charge in [-0.2, -0.15) is 5.10 Å². The Morgan fingerprint density at radius 1 is 1.27 bits per heavy atom. The molecule has 1 aromatic carbocycles. The van der Waals surface area contributed by atoms with Crippen molar-refractivity contribution in [2.24, 2.45) is 0 Å². The normalized spacial score (nSPS) is 18.5. The minimum atomic E-state index is -0.272. The zero-order valence-electron chi connectivity index (χ0n) is 12.9. The number of aromatic amines is 1. The van der Waals surface area contributed by atoms with E-state index < -0.39 is 0 Å². The van der Waals surface area contributed by atoms with E-state index >= 15 is 0 Å². The van der Waals surface area contributed by atoms with Crippen molar-refractivity contribution in [1.29, 1.82) is 0 Å². The maximum atomic E-state index is 13.1. The highest BCUT2D eigenvalue weighted by molar-refractivity contribution is 5.21. The van der Waals surface area contributed by atoms with E-state index in [0.717, 1.165) is 37.3 Å². The lowest BCUT2D eigenvalue weighted by Crippen LogP contribution is -2.32. The highest BCUT2D eigenvalue weighted by atomic mass is 19.1. The first kappa shape index (κ1) is 15.0. The zero-order chi connectivity index (χ0) is 15.7. The molecular formula is C16H21FN4O. The maximum absolute atomic E-state index is 13.1. The summed E-state index contributed by atoms with van der Waals surface area (Å²) in [5.74, 6) is 0.832. The Morgan fingerprint density at radius 2 is 1.91 bits per heavy atom. The van der Waals surface area contributed by atoms with Crippen LogP contribution in [0, 0.1) is 5.82 Å². The predicted octanol–water partition coefficient (Wildman–Crippen LogP) is 2.13. The number of likely N-dealkylation sites (tertiary alicyclic amines) is 1. The van der Waals surface area contributed by atoms with Gasteiger partial charge in [-0.25, -0.2) is 14.3 Å². The summed E-state index contributed by atoms with van der Waals surface area (Å²) < 4.78 is 14.8. The summed E-state index contributed by atoms with van der Waals surface area (Å²) in [6.07, 6.45) is 1.99. The number of halogens is 1. The highest BCUT2D eigenvalue weighted by Crippen LogP contribution is 2.28. The van der Waals surface area contributed by atoms with Crippen LogP contribution in [0.5, 0.6) is 0 Å². The number of H-pyrrole nitrogens is 1. The topological polar surface area (TPSA) is 53.9 Å². The van der Waals surface area contributed by atoms with Gasteiger partial charge in [0.25, 0.3) is 0 Å². The van der Waals surface area contributed by atoms with E-state index in [2.05, 4.69) is 22.1 Å². The first-order chi connectivity index (χ1) is 10.6. The van der Waals surface area contributed by atoms with Gasteiger partial charge in [0.15, 0.2) is 0 Å². The van der Waals surface area contributed by atoms with Crippen molar-refractivity contribution in [2.75, 3.05) is 20.1 Å². The van der Waals surface area contributed by atoms with Crippen LogP contribution >= 0.6 is 0 Å². The smallest absolute Gasteiger partial charge is 0.306 e. The molecular weight excluding hydrogens is 283 g/mol. The van der Waals surface area contributed by atoms with Crippen LogP contribution in [0.3, 0.4) is 0 Å². The molecule has 2 heterocycles. The van der Waals surface area contributed by atoms with Gasteiger partial charge in [-0.05, 0) is 57.6 Å². The van der Waals surface area contributed by atoms with Crippen LogP contribution < -0.4 is 5.69 Å². The fourth-order valence-corrected chi connectivity index (χ4v) is 3.14. The Morgan fingerprint density at radius 3 is 2.55 bits per heavy atom. The monoisotopic (exact) mass is 304 g/mol. The third kappa shape index (κ3) is 2.83. The average Bonchev–Trinajstić information content (AvgIpc) is 2.90. The molecule has 0 radical (unpaired) electrons. The Balaban J connectivity index is 1.91. The summed E-state index contributed by atoms with van der Waals surface area (Å²) in [6.45, 7) is 3.97. The van der Waals surface area contributed by atoms with E-state index in [1.54, 1.807) is 16.7 Å². The van der Waals surface area contributed by atoms with Crippen LogP contribution in [0.4, 0.5) is 4.39 Å². The second kappa shape index (κ2) is 6.04. The van der Waals surface area contributed by atoms with Crippen LogP contribution in [0.2, 0.25) is 0 Å². The van der Waals surface area contributed by atoms with E-state index in [-0.39, 0.29) is 23.5 Å². The Bertz CT molecular complexity index is 683. The number of nitrogens with one attached hydrogen (secondary N) is 1. The SMILES string of the molecule is C[C@H](c1ccc(F)cc1)n1c(C2CCN(C)CC2)n[nH]c1=O. The molecule has 1 fully saturated rings. The van der Waals surface area contributed by atoms with Crippen molar-refractivity contribution < 1.29 is 4.39 Å². The van der Waals surface area contributed by atoms with Gasteiger partial charge in [0.2, 0.25) is 0 Å². The quantitative estimate of drug-likeness (QED) is 0.945. The molecule has 118 valence electrons. The summed E-state index contributed by atoms with van der Waals surface area (Å²) in [5.41, 5.74) is 0.699.